The first-order chi connectivity index (χ1) is 8.05. The number of carbonyl (C=O) groups excluding carboxylic acids is 1. The highest BCUT2D eigenvalue weighted by molar-refractivity contribution is 5.81. The van der Waals surface area contributed by atoms with Crippen LogP contribution >= 0.6 is 0 Å². The van der Waals surface area contributed by atoms with Crippen LogP contribution in [0.4, 0.5) is 0 Å². The van der Waals surface area contributed by atoms with Crippen LogP contribution in [-0.4, -0.2) is 17.6 Å². The molecule has 0 fully saturated rings. The van der Waals surface area contributed by atoms with E-state index in [1.165, 1.54) is 5.22 Å². The van der Waals surface area contributed by atoms with Crippen molar-refractivity contribution >= 4 is 18.1 Å². The van der Waals surface area contributed by atoms with Gasteiger partial charge in [-0.1, -0.05) is 12.2 Å². The summed E-state index contributed by atoms with van der Waals surface area (Å²) in [4.78, 5) is 15.2. The molecule has 0 spiro atoms. The number of hydrogen-bond acceptors (Lipinski definition) is 2. The molecule has 1 aliphatic carbocycles. The molecular weight excluding hydrogens is 214 g/mol. The van der Waals surface area contributed by atoms with Gasteiger partial charge < -0.3 is 9.72 Å². The van der Waals surface area contributed by atoms with Crippen molar-refractivity contribution < 1.29 is 9.53 Å². The molecule has 1 aliphatic rings. The van der Waals surface area contributed by atoms with E-state index in [9.17, 15) is 4.79 Å². The molecular formula is C14H19NO2. The summed E-state index contributed by atoms with van der Waals surface area (Å²) in [6.45, 7) is 6.03. The number of fused-ring (bicyclic) bond motifs is 1. The second kappa shape index (κ2) is 4.40. The van der Waals surface area contributed by atoms with Crippen LogP contribution in [-0.2, 0) is 14.9 Å². The van der Waals surface area contributed by atoms with Crippen molar-refractivity contribution in [3.8, 4) is 0 Å². The van der Waals surface area contributed by atoms with Crippen molar-refractivity contribution in [2.45, 2.75) is 39.0 Å². The van der Waals surface area contributed by atoms with Crippen molar-refractivity contribution in [2.24, 2.45) is 0 Å². The van der Waals surface area contributed by atoms with Gasteiger partial charge in [0, 0.05) is 11.0 Å². The van der Waals surface area contributed by atoms with Gasteiger partial charge in [-0.15, -0.1) is 0 Å². The molecule has 0 unspecified atom stereocenters. The number of rotatable bonds is 3. The molecule has 92 valence electrons. The van der Waals surface area contributed by atoms with Gasteiger partial charge in [-0.3, -0.25) is 4.79 Å². The molecule has 1 aromatic rings. The van der Waals surface area contributed by atoms with Gasteiger partial charge in [0.05, 0.1) is 6.61 Å². The fourth-order valence-corrected chi connectivity index (χ4v) is 2.05. The number of H-pyrrole nitrogens is 1. The van der Waals surface area contributed by atoms with E-state index in [-0.39, 0.29) is 5.97 Å². The Balaban J connectivity index is 2.41. The molecule has 1 aromatic heterocycles. The van der Waals surface area contributed by atoms with Crippen LogP contribution in [0.2, 0.25) is 0 Å². The number of ether oxygens (including phenoxy) is 1. The first-order valence-electron chi connectivity index (χ1n) is 6.13. The highest BCUT2D eigenvalue weighted by Gasteiger charge is 2.32. The van der Waals surface area contributed by atoms with Gasteiger partial charge in [0.2, 0.25) is 0 Å². The van der Waals surface area contributed by atoms with Gasteiger partial charge in [0.1, 0.15) is 5.41 Å². The summed E-state index contributed by atoms with van der Waals surface area (Å²) in [5.74, 6) is -0.182. The topological polar surface area (TPSA) is 42.1 Å². The molecule has 0 saturated heterocycles. The van der Waals surface area contributed by atoms with Crippen LogP contribution < -0.4 is 10.6 Å². The summed E-state index contributed by atoms with van der Waals surface area (Å²) < 4.78 is 5.11. The third-order valence-electron chi connectivity index (χ3n) is 3.22. The largest absolute Gasteiger partial charge is 0.465 e. The Morgan fingerprint density at radius 2 is 2.12 bits per heavy atom. The lowest BCUT2D eigenvalue weighted by atomic mass is 9.89. The average molecular weight is 233 g/mol. The summed E-state index contributed by atoms with van der Waals surface area (Å²) >= 11 is 0. The summed E-state index contributed by atoms with van der Waals surface area (Å²) in [5.41, 5.74) is 0.310. The third kappa shape index (κ3) is 2.14. The van der Waals surface area contributed by atoms with Crippen molar-refractivity contribution in [3.63, 3.8) is 0 Å². The van der Waals surface area contributed by atoms with Gasteiger partial charge >= 0.3 is 5.97 Å². The van der Waals surface area contributed by atoms with Crippen LogP contribution in [0.15, 0.2) is 6.07 Å². The van der Waals surface area contributed by atoms with E-state index in [4.69, 9.17) is 4.74 Å². The predicted octanol–water partition coefficient (Wildman–Crippen LogP) is 1.21. The highest BCUT2D eigenvalue weighted by atomic mass is 16.5. The van der Waals surface area contributed by atoms with Crippen molar-refractivity contribution in [2.75, 3.05) is 6.61 Å². The summed E-state index contributed by atoms with van der Waals surface area (Å²) in [6.07, 6.45) is 6.52. The molecule has 2 rings (SSSR count). The van der Waals surface area contributed by atoms with Crippen molar-refractivity contribution in [1.29, 1.82) is 0 Å². The molecule has 0 aliphatic heterocycles. The monoisotopic (exact) mass is 233 g/mol. The summed E-state index contributed by atoms with van der Waals surface area (Å²) in [6, 6.07) is 2.06. The quantitative estimate of drug-likeness (QED) is 0.797. The molecule has 0 atom stereocenters. The lowest BCUT2D eigenvalue weighted by Gasteiger charge is -2.20. The lowest BCUT2D eigenvalue weighted by molar-refractivity contribution is -0.148. The molecule has 0 amide bonds. The Morgan fingerprint density at radius 1 is 1.41 bits per heavy atom. The number of nitrogens with one attached hydrogen (secondary N) is 1. The number of aromatic nitrogens is 1. The zero-order valence-corrected chi connectivity index (χ0v) is 10.7. The van der Waals surface area contributed by atoms with E-state index in [2.05, 4.69) is 23.2 Å². The van der Waals surface area contributed by atoms with Gasteiger partial charge in [-0.05, 0) is 44.9 Å². The Labute approximate surface area is 101 Å². The Morgan fingerprint density at radius 3 is 2.76 bits per heavy atom. The molecule has 3 heteroatoms. The van der Waals surface area contributed by atoms with Crippen LogP contribution in [0.25, 0.3) is 12.2 Å². The Bertz CT molecular complexity index is 504. The minimum absolute atomic E-state index is 0.182. The van der Waals surface area contributed by atoms with Crippen LogP contribution in [0, 0.1) is 0 Å². The standard InChI is InChI=1S/C14H19NO2/c1-4-17-13(16)14(2,3)12-9-10-7-5-6-8-11(10)15-12/h7-9,15H,4-6H2,1-3H3. The minimum atomic E-state index is -0.616. The van der Waals surface area contributed by atoms with E-state index in [0.717, 1.165) is 23.9 Å². The number of hydrogen-bond donors (Lipinski definition) is 1. The predicted molar refractivity (Wildman–Crippen MR) is 67.9 cm³/mol. The molecule has 0 saturated carbocycles. The fourth-order valence-electron chi connectivity index (χ4n) is 2.05. The summed E-state index contributed by atoms with van der Waals surface area (Å²) in [5, 5.41) is 2.33. The Hall–Kier alpha value is -1.51. The molecule has 1 N–H and O–H groups in total. The normalized spacial score (nSPS) is 14.5. The highest BCUT2D eigenvalue weighted by Crippen LogP contribution is 2.21. The van der Waals surface area contributed by atoms with Gasteiger partial charge in [0.15, 0.2) is 0 Å². The van der Waals surface area contributed by atoms with E-state index >= 15 is 0 Å². The van der Waals surface area contributed by atoms with Crippen LogP contribution in [0.1, 0.15) is 39.3 Å². The first-order valence-corrected chi connectivity index (χ1v) is 6.13. The third-order valence-corrected chi connectivity index (χ3v) is 3.22. The number of esters is 1. The minimum Gasteiger partial charge on any atom is -0.465 e. The molecule has 0 radical (unpaired) electrons. The van der Waals surface area contributed by atoms with E-state index < -0.39 is 5.41 Å². The maximum absolute atomic E-state index is 11.9. The van der Waals surface area contributed by atoms with Gasteiger partial charge in [-0.25, -0.2) is 0 Å². The SMILES string of the molecule is CCOC(=O)C(C)(C)c1cc2c([nH]1)=CCCC=2. The van der Waals surface area contributed by atoms with E-state index in [1.54, 1.807) is 0 Å². The fraction of sp³-hybridized carbons (Fsp3) is 0.500. The maximum Gasteiger partial charge on any atom is 0.317 e. The molecule has 1 heterocycles. The zero-order chi connectivity index (χ0) is 12.5. The Kier molecular flexibility index (Phi) is 3.09. The zero-order valence-electron chi connectivity index (χ0n) is 10.7. The molecule has 0 bridgehead atoms. The van der Waals surface area contributed by atoms with Crippen molar-refractivity contribution in [3.05, 3.63) is 22.3 Å². The second-order valence-electron chi connectivity index (χ2n) is 4.88. The van der Waals surface area contributed by atoms with Crippen molar-refractivity contribution in [1.82, 2.24) is 4.98 Å². The van der Waals surface area contributed by atoms with E-state index in [0.29, 0.717) is 6.61 Å². The van der Waals surface area contributed by atoms with Crippen LogP contribution in [0.3, 0.4) is 0 Å². The summed E-state index contributed by atoms with van der Waals surface area (Å²) in [7, 11) is 0. The van der Waals surface area contributed by atoms with Gasteiger partial charge in [-0.2, -0.15) is 0 Å². The second-order valence-corrected chi connectivity index (χ2v) is 4.88. The average Bonchev–Trinajstić information content (AvgIpc) is 2.73. The first kappa shape index (κ1) is 12.0. The van der Waals surface area contributed by atoms with E-state index in [1.807, 2.05) is 20.8 Å². The smallest absolute Gasteiger partial charge is 0.317 e. The molecule has 3 nitrogen and oxygen atoms in total. The maximum atomic E-state index is 11.9. The van der Waals surface area contributed by atoms with Gasteiger partial charge in [0.25, 0.3) is 0 Å². The molecule has 0 aromatic carbocycles. The number of aromatic amines is 1. The lowest BCUT2D eigenvalue weighted by Crippen LogP contribution is -2.32. The molecule has 17 heavy (non-hydrogen) atoms. The van der Waals surface area contributed by atoms with Crippen LogP contribution in [0.5, 0.6) is 0 Å². The number of carbonyl (C=O) groups is 1.